The summed E-state index contributed by atoms with van der Waals surface area (Å²) >= 11 is 0. The molecule has 23 heavy (non-hydrogen) atoms. The second-order valence-electron chi connectivity index (χ2n) is 5.26. The average Bonchev–Trinajstić information content (AvgIpc) is 2.55. The maximum atomic E-state index is 12.3. The van der Waals surface area contributed by atoms with E-state index in [4.69, 9.17) is 0 Å². The van der Waals surface area contributed by atoms with Crippen LogP contribution in [0, 0.1) is 6.92 Å². The number of hydrogen-bond donors (Lipinski definition) is 2. The largest absolute Gasteiger partial charge is 0.508 e. The molecule has 0 heterocycles. The van der Waals surface area contributed by atoms with Gasteiger partial charge >= 0.3 is 11.8 Å². The number of hydrogen-bond acceptors (Lipinski definition) is 3. The molecule has 5 heteroatoms. The number of benzene rings is 2. The highest BCUT2D eigenvalue weighted by Gasteiger charge is 2.21. The van der Waals surface area contributed by atoms with Crippen molar-refractivity contribution in [1.29, 1.82) is 0 Å². The minimum Gasteiger partial charge on any atom is -0.508 e. The average molecular weight is 312 g/mol. The van der Waals surface area contributed by atoms with Gasteiger partial charge in [0, 0.05) is 18.8 Å². The smallest absolute Gasteiger partial charge is 0.313 e. The first-order chi connectivity index (χ1) is 11.0. The second kappa shape index (κ2) is 7.45. The van der Waals surface area contributed by atoms with Crippen molar-refractivity contribution in [2.45, 2.75) is 20.4 Å². The van der Waals surface area contributed by atoms with Crippen LogP contribution in [0.15, 0.2) is 48.5 Å². The van der Waals surface area contributed by atoms with Crippen molar-refractivity contribution in [2.24, 2.45) is 0 Å². The van der Waals surface area contributed by atoms with Gasteiger partial charge in [0.1, 0.15) is 5.75 Å². The Hall–Kier alpha value is -2.82. The maximum Gasteiger partial charge on any atom is 0.313 e. The van der Waals surface area contributed by atoms with Crippen LogP contribution in [0.5, 0.6) is 5.75 Å². The quantitative estimate of drug-likeness (QED) is 0.673. The van der Waals surface area contributed by atoms with Crippen LogP contribution in [0.4, 0.5) is 5.69 Å². The molecule has 2 N–H and O–H groups in total. The van der Waals surface area contributed by atoms with E-state index in [0.717, 1.165) is 5.56 Å². The van der Waals surface area contributed by atoms with Gasteiger partial charge in [-0.05, 0) is 43.2 Å². The van der Waals surface area contributed by atoms with Gasteiger partial charge in [0.25, 0.3) is 0 Å². The van der Waals surface area contributed by atoms with E-state index in [0.29, 0.717) is 24.3 Å². The lowest BCUT2D eigenvalue weighted by atomic mass is 10.2. The number of anilines is 1. The third kappa shape index (κ3) is 4.32. The van der Waals surface area contributed by atoms with E-state index in [1.165, 1.54) is 17.0 Å². The molecular formula is C18H20N2O3. The molecule has 0 spiro atoms. The fraction of sp³-hybridized carbons (Fsp3) is 0.222. The lowest BCUT2D eigenvalue weighted by Gasteiger charge is -2.20. The summed E-state index contributed by atoms with van der Waals surface area (Å²) in [5, 5.41) is 12.0. The molecule has 0 aliphatic rings. The van der Waals surface area contributed by atoms with Gasteiger partial charge in [0.15, 0.2) is 0 Å². The summed E-state index contributed by atoms with van der Waals surface area (Å²) in [6.07, 6.45) is 0. The van der Waals surface area contributed by atoms with Crippen molar-refractivity contribution in [1.82, 2.24) is 4.90 Å². The van der Waals surface area contributed by atoms with Crippen LogP contribution in [0.25, 0.3) is 0 Å². The van der Waals surface area contributed by atoms with Crippen LogP contribution >= 0.6 is 0 Å². The molecule has 0 atom stereocenters. The van der Waals surface area contributed by atoms with Crippen molar-refractivity contribution in [3.05, 3.63) is 59.7 Å². The summed E-state index contributed by atoms with van der Waals surface area (Å²) < 4.78 is 0. The fourth-order valence-electron chi connectivity index (χ4n) is 2.24. The highest BCUT2D eigenvalue weighted by atomic mass is 16.3. The van der Waals surface area contributed by atoms with E-state index >= 15 is 0 Å². The number of amides is 2. The third-order valence-electron chi connectivity index (χ3n) is 3.54. The van der Waals surface area contributed by atoms with Gasteiger partial charge in [-0.2, -0.15) is 0 Å². The minimum atomic E-state index is -0.684. The topological polar surface area (TPSA) is 69.6 Å². The predicted molar refractivity (Wildman–Crippen MR) is 89.0 cm³/mol. The molecule has 0 saturated carbocycles. The molecule has 2 rings (SSSR count). The number of aryl methyl sites for hydroxylation is 1. The van der Waals surface area contributed by atoms with Crippen LogP contribution in [0.2, 0.25) is 0 Å². The van der Waals surface area contributed by atoms with E-state index in [9.17, 15) is 14.7 Å². The van der Waals surface area contributed by atoms with Crippen molar-refractivity contribution in [2.75, 3.05) is 11.9 Å². The zero-order valence-corrected chi connectivity index (χ0v) is 13.2. The Morgan fingerprint density at radius 2 is 1.83 bits per heavy atom. The Labute approximate surface area is 135 Å². The Morgan fingerprint density at radius 3 is 2.43 bits per heavy atom. The number of likely N-dealkylation sites (N-methyl/N-ethyl adjacent to an activating group) is 1. The predicted octanol–water partition coefficient (Wildman–Crippen LogP) is 2.69. The van der Waals surface area contributed by atoms with E-state index in [1.54, 1.807) is 13.0 Å². The lowest BCUT2D eigenvalue weighted by Crippen LogP contribution is -2.39. The molecule has 2 aromatic carbocycles. The standard InChI is InChI=1S/C18H20N2O3/c1-3-20(12-14-7-5-4-6-8-14)18(23)17(22)19-16-10-9-15(21)11-13(16)2/h4-11,21H,3,12H2,1-2H3,(H,19,22). The summed E-state index contributed by atoms with van der Waals surface area (Å²) in [4.78, 5) is 26.0. The molecule has 0 aromatic heterocycles. The van der Waals surface area contributed by atoms with Gasteiger partial charge in [-0.3, -0.25) is 9.59 Å². The second-order valence-corrected chi connectivity index (χ2v) is 5.26. The Morgan fingerprint density at radius 1 is 1.13 bits per heavy atom. The van der Waals surface area contributed by atoms with Gasteiger partial charge in [-0.15, -0.1) is 0 Å². The van der Waals surface area contributed by atoms with Crippen molar-refractivity contribution in [3.63, 3.8) is 0 Å². The van der Waals surface area contributed by atoms with Crippen LogP contribution in [0.1, 0.15) is 18.1 Å². The molecule has 0 saturated heterocycles. The number of phenols is 1. The van der Waals surface area contributed by atoms with Crippen LogP contribution in [0.3, 0.4) is 0 Å². The number of nitrogens with zero attached hydrogens (tertiary/aromatic N) is 1. The zero-order chi connectivity index (χ0) is 16.8. The summed E-state index contributed by atoms with van der Waals surface area (Å²) in [7, 11) is 0. The van der Waals surface area contributed by atoms with Gasteiger partial charge in [-0.25, -0.2) is 0 Å². The zero-order valence-electron chi connectivity index (χ0n) is 13.2. The number of phenolic OH excluding ortho intramolecular Hbond substituents is 1. The summed E-state index contributed by atoms with van der Waals surface area (Å²) in [6, 6.07) is 14.1. The number of rotatable bonds is 4. The number of nitrogens with one attached hydrogen (secondary N) is 1. The molecule has 0 aliphatic carbocycles. The normalized spacial score (nSPS) is 10.2. The maximum absolute atomic E-state index is 12.3. The number of carbonyl (C=O) groups is 2. The molecule has 120 valence electrons. The van der Waals surface area contributed by atoms with Crippen molar-refractivity contribution < 1.29 is 14.7 Å². The van der Waals surface area contributed by atoms with Crippen molar-refractivity contribution >= 4 is 17.5 Å². The number of carbonyl (C=O) groups excluding carboxylic acids is 2. The lowest BCUT2D eigenvalue weighted by molar-refractivity contribution is -0.143. The van der Waals surface area contributed by atoms with E-state index in [-0.39, 0.29) is 5.75 Å². The van der Waals surface area contributed by atoms with Gasteiger partial charge < -0.3 is 15.3 Å². The number of aromatic hydroxyl groups is 1. The van der Waals surface area contributed by atoms with E-state index in [1.807, 2.05) is 37.3 Å². The Kier molecular flexibility index (Phi) is 5.36. The van der Waals surface area contributed by atoms with Gasteiger partial charge in [0.2, 0.25) is 0 Å². The van der Waals surface area contributed by atoms with Crippen LogP contribution < -0.4 is 5.32 Å². The molecular weight excluding hydrogens is 292 g/mol. The monoisotopic (exact) mass is 312 g/mol. The highest BCUT2D eigenvalue weighted by molar-refractivity contribution is 6.39. The molecule has 2 amide bonds. The molecule has 0 radical (unpaired) electrons. The summed E-state index contributed by atoms with van der Waals surface area (Å²) in [5.41, 5.74) is 2.17. The van der Waals surface area contributed by atoms with E-state index < -0.39 is 11.8 Å². The summed E-state index contributed by atoms with van der Waals surface area (Å²) in [5.74, 6) is -1.15. The molecule has 0 aliphatic heterocycles. The van der Waals surface area contributed by atoms with Crippen molar-refractivity contribution in [3.8, 4) is 5.75 Å². The first-order valence-corrected chi connectivity index (χ1v) is 7.45. The van der Waals surface area contributed by atoms with Crippen LogP contribution in [-0.4, -0.2) is 28.4 Å². The molecule has 0 bridgehead atoms. The SMILES string of the molecule is CCN(Cc1ccccc1)C(=O)C(=O)Nc1ccc(O)cc1C. The summed E-state index contributed by atoms with van der Waals surface area (Å²) in [6.45, 7) is 4.41. The molecule has 5 nitrogen and oxygen atoms in total. The van der Waals surface area contributed by atoms with Crippen LogP contribution in [-0.2, 0) is 16.1 Å². The molecule has 0 fully saturated rings. The fourth-order valence-corrected chi connectivity index (χ4v) is 2.24. The highest BCUT2D eigenvalue weighted by Crippen LogP contribution is 2.20. The minimum absolute atomic E-state index is 0.117. The van der Waals surface area contributed by atoms with Gasteiger partial charge in [-0.1, -0.05) is 30.3 Å². The first-order valence-electron chi connectivity index (χ1n) is 7.45. The van der Waals surface area contributed by atoms with Gasteiger partial charge in [0.05, 0.1) is 0 Å². The van der Waals surface area contributed by atoms with E-state index in [2.05, 4.69) is 5.32 Å². The third-order valence-corrected chi connectivity index (χ3v) is 3.54. The molecule has 2 aromatic rings. The first kappa shape index (κ1) is 16.5. The Balaban J connectivity index is 2.06. The Bertz CT molecular complexity index is 699. The molecule has 0 unspecified atom stereocenters.